The summed E-state index contributed by atoms with van der Waals surface area (Å²) in [5.74, 6) is 0. The van der Waals surface area contributed by atoms with Crippen LogP contribution < -0.4 is 5.32 Å². The van der Waals surface area contributed by atoms with Gasteiger partial charge in [-0.1, -0.05) is 74.0 Å². The van der Waals surface area contributed by atoms with Gasteiger partial charge in [0, 0.05) is 19.6 Å². The molecule has 27 heavy (non-hydrogen) atoms. The summed E-state index contributed by atoms with van der Waals surface area (Å²) in [4.78, 5) is 2.36. The minimum absolute atomic E-state index is 0.169. The van der Waals surface area contributed by atoms with Gasteiger partial charge in [0.05, 0.1) is 12.7 Å². The summed E-state index contributed by atoms with van der Waals surface area (Å²) >= 11 is 0. The molecule has 0 unspecified atom stereocenters. The zero-order valence-electron chi connectivity index (χ0n) is 16.9. The van der Waals surface area contributed by atoms with Crippen LogP contribution in [0, 0.1) is 6.92 Å². The van der Waals surface area contributed by atoms with Gasteiger partial charge in [-0.15, -0.1) is 0 Å². The smallest absolute Gasteiger partial charge is 0.108 e. The van der Waals surface area contributed by atoms with Crippen LogP contribution in [-0.4, -0.2) is 55.4 Å². The van der Waals surface area contributed by atoms with Gasteiger partial charge in [0.25, 0.3) is 0 Å². The highest BCUT2D eigenvalue weighted by molar-refractivity contribution is 5.31. The van der Waals surface area contributed by atoms with Gasteiger partial charge in [-0.2, -0.15) is 0 Å². The van der Waals surface area contributed by atoms with E-state index in [-0.39, 0.29) is 6.10 Å². The normalized spacial score (nSPS) is 13.7. The molecule has 2 aromatic carbocycles. The number of nitrogens with zero attached hydrogens (tertiary/aromatic N) is 1. The van der Waals surface area contributed by atoms with Crippen molar-refractivity contribution in [1.29, 1.82) is 0 Å². The van der Waals surface area contributed by atoms with Crippen molar-refractivity contribution in [2.45, 2.75) is 33.0 Å². The van der Waals surface area contributed by atoms with Crippen LogP contribution in [0.3, 0.4) is 0 Å². The lowest BCUT2D eigenvalue weighted by atomic mass is 10.0. The van der Waals surface area contributed by atoms with Gasteiger partial charge in [-0.3, -0.25) is 0 Å². The lowest BCUT2D eigenvalue weighted by molar-refractivity contribution is 0.00651. The average molecular weight is 371 g/mol. The zero-order valence-corrected chi connectivity index (χ0v) is 16.9. The minimum Gasteiger partial charge on any atom is -0.389 e. The Kier molecular flexibility index (Phi) is 9.50. The third-order valence-corrected chi connectivity index (χ3v) is 4.82. The number of hydrogen-bond donors (Lipinski definition) is 2. The number of nitrogens with one attached hydrogen (secondary N) is 1. The zero-order chi connectivity index (χ0) is 19.5. The highest BCUT2D eigenvalue weighted by atomic mass is 16.5. The summed E-state index contributed by atoms with van der Waals surface area (Å²) in [7, 11) is 0. The van der Waals surface area contributed by atoms with Gasteiger partial charge in [0.2, 0.25) is 0 Å². The highest BCUT2D eigenvalue weighted by Gasteiger charge is 2.16. The van der Waals surface area contributed by atoms with E-state index in [9.17, 15) is 5.11 Å². The van der Waals surface area contributed by atoms with Crippen LogP contribution in [0.1, 0.15) is 36.6 Å². The van der Waals surface area contributed by atoms with E-state index in [0.717, 1.165) is 37.3 Å². The molecule has 0 saturated carbocycles. The van der Waals surface area contributed by atoms with Gasteiger partial charge < -0.3 is 20.1 Å². The van der Waals surface area contributed by atoms with Crippen LogP contribution in [0.25, 0.3) is 0 Å². The number of hydrogen-bond acceptors (Lipinski definition) is 4. The summed E-state index contributed by atoms with van der Waals surface area (Å²) in [6.07, 6.45) is -0.699. The molecule has 0 amide bonds. The molecule has 0 aromatic heterocycles. The first-order chi connectivity index (χ1) is 13.1. The summed E-state index contributed by atoms with van der Waals surface area (Å²) in [6, 6.07) is 18.6. The van der Waals surface area contributed by atoms with Crippen molar-refractivity contribution >= 4 is 0 Å². The minimum atomic E-state index is -0.529. The van der Waals surface area contributed by atoms with E-state index in [0.29, 0.717) is 13.2 Å². The van der Waals surface area contributed by atoms with Crippen LogP contribution in [-0.2, 0) is 4.74 Å². The van der Waals surface area contributed by atoms with Crippen LogP contribution in [0.5, 0.6) is 0 Å². The number of rotatable bonds is 12. The highest BCUT2D eigenvalue weighted by Crippen LogP contribution is 2.26. The topological polar surface area (TPSA) is 44.7 Å². The van der Waals surface area contributed by atoms with Crippen LogP contribution in [0.4, 0.5) is 0 Å². The Labute approximate surface area is 164 Å². The Hall–Kier alpha value is -1.72. The molecule has 0 saturated heterocycles. The lowest BCUT2D eigenvalue weighted by Gasteiger charge is -2.22. The third kappa shape index (κ3) is 7.43. The van der Waals surface area contributed by atoms with E-state index >= 15 is 0 Å². The summed E-state index contributed by atoms with van der Waals surface area (Å²) < 4.78 is 6.14. The average Bonchev–Trinajstić information content (AvgIpc) is 2.70. The molecule has 0 aliphatic rings. The Morgan fingerprint density at radius 1 is 0.963 bits per heavy atom. The van der Waals surface area contributed by atoms with Gasteiger partial charge in [0.1, 0.15) is 6.10 Å². The molecule has 0 radical (unpaired) electrons. The van der Waals surface area contributed by atoms with E-state index in [1.54, 1.807) is 0 Å². The predicted molar refractivity (Wildman–Crippen MR) is 112 cm³/mol. The van der Waals surface area contributed by atoms with Crippen molar-refractivity contribution in [3.05, 3.63) is 71.3 Å². The first-order valence-corrected chi connectivity index (χ1v) is 9.98. The van der Waals surface area contributed by atoms with Crippen molar-refractivity contribution in [3.63, 3.8) is 0 Å². The second-order valence-electron chi connectivity index (χ2n) is 6.92. The fraction of sp³-hybridized carbons (Fsp3) is 0.478. The second kappa shape index (κ2) is 11.9. The number of likely N-dealkylation sites (N-methyl/N-ethyl adjacent to an activating group) is 1. The number of aliphatic hydroxyl groups excluding tert-OH is 1. The number of aryl methyl sites for hydroxylation is 1. The van der Waals surface area contributed by atoms with Crippen LogP contribution >= 0.6 is 0 Å². The molecule has 0 spiro atoms. The monoisotopic (exact) mass is 370 g/mol. The maximum Gasteiger partial charge on any atom is 0.108 e. The van der Waals surface area contributed by atoms with Gasteiger partial charge in [-0.25, -0.2) is 0 Å². The van der Waals surface area contributed by atoms with E-state index in [2.05, 4.69) is 67.4 Å². The molecule has 4 heteroatoms. The van der Waals surface area contributed by atoms with E-state index < -0.39 is 6.10 Å². The number of benzene rings is 2. The fourth-order valence-electron chi connectivity index (χ4n) is 3.07. The molecule has 0 fully saturated rings. The Morgan fingerprint density at radius 2 is 1.59 bits per heavy atom. The van der Waals surface area contributed by atoms with E-state index in [4.69, 9.17) is 4.74 Å². The molecule has 0 bridgehead atoms. The van der Waals surface area contributed by atoms with Gasteiger partial charge in [-0.05, 0) is 31.1 Å². The second-order valence-corrected chi connectivity index (χ2v) is 6.92. The molecule has 0 aliphatic carbocycles. The molecule has 0 heterocycles. The van der Waals surface area contributed by atoms with Crippen molar-refractivity contribution in [2.24, 2.45) is 0 Å². The van der Waals surface area contributed by atoms with Crippen LogP contribution in [0.2, 0.25) is 0 Å². The van der Waals surface area contributed by atoms with Crippen LogP contribution in [0.15, 0.2) is 54.6 Å². The molecule has 4 nitrogen and oxygen atoms in total. The first kappa shape index (κ1) is 21.6. The summed E-state index contributed by atoms with van der Waals surface area (Å²) in [5, 5.41) is 13.6. The van der Waals surface area contributed by atoms with Crippen molar-refractivity contribution in [3.8, 4) is 0 Å². The predicted octanol–water partition coefficient (Wildman–Crippen LogP) is 3.39. The molecular weight excluding hydrogens is 336 g/mol. The summed E-state index contributed by atoms with van der Waals surface area (Å²) in [5.41, 5.74) is 3.43. The molecule has 0 aliphatic heterocycles. The Balaban J connectivity index is 1.87. The Bertz CT molecular complexity index is 627. The maximum atomic E-state index is 10.3. The standard InChI is InChI=1S/C23H34N2O2/c1-4-25(5-2)16-15-24-17-22(26)18-27-23(20-9-7-6-8-10-20)21-13-11-19(3)12-14-21/h6-14,22-24,26H,4-5,15-18H2,1-3H3/t22-,23+/m1/s1. The quantitative estimate of drug-likeness (QED) is 0.562. The van der Waals surface area contributed by atoms with Crippen molar-refractivity contribution in [2.75, 3.05) is 39.3 Å². The molecule has 148 valence electrons. The largest absolute Gasteiger partial charge is 0.389 e. The number of aliphatic hydroxyl groups is 1. The maximum absolute atomic E-state index is 10.3. The van der Waals surface area contributed by atoms with Crippen molar-refractivity contribution < 1.29 is 9.84 Å². The van der Waals surface area contributed by atoms with Crippen molar-refractivity contribution in [1.82, 2.24) is 10.2 Å². The number of ether oxygens (including phenoxy) is 1. The lowest BCUT2D eigenvalue weighted by Crippen LogP contribution is -2.36. The first-order valence-electron chi connectivity index (χ1n) is 9.98. The fourth-order valence-corrected chi connectivity index (χ4v) is 3.07. The molecule has 2 N–H and O–H groups in total. The molecule has 2 aromatic rings. The van der Waals surface area contributed by atoms with E-state index in [1.807, 2.05) is 18.2 Å². The molecule has 2 atom stereocenters. The molecule has 2 rings (SSSR count). The Morgan fingerprint density at radius 3 is 2.22 bits per heavy atom. The van der Waals surface area contributed by atoms with Gasteiger partial charge >= 0.3 is 0 Å². The third-order valence-electron chi connectivity index (χ3n) is 4.82. The molecular formula is C23H34N2O2. The SMILES string of the molecule is CCN(CC)CCNC[C@@H](O)CO[C@@H](c1ccccc1)c1ccc(C)cc1. The summed E-state index contributed by atoms with van der Waals surface area (Å²) in [6.45, 7) is 11.2. The van der Waals surface area contributed by atoms with Gasteiger partial charge in [0.15, 0.2) is 0 Å². The van der Waals surface area contributed by atoms with E-state index in [1.165, 1.54) is 5.56 Å².